The van der Waals surface area contributed by atoms with E-state index in [1.165, 1.54) is 17.6 Å². The first kappa shape index (κ1) is 25.5. The van der Waals surface area contributed by atoms with Crippen LogP contribution in [0.15, 0.2) is 58.0 Å². The van der Waals surface area contributed by atoms with E-state index in [0.29, 0.717) is 17.0 Å². The van der Waals surface area contributed by atoms with Gasteiger partial charge in [-0.25, -0.2) is 22.2 Å². The monoisotopic (exact) mass is 545 g/mol. The molecule has 1 fully saturated rings. The minimum atomic E-state index is -4.24. The van der Waals surface area contributed by atoms with Crippen molar-refractivity contribution in [3.8, 4) is 0 Å². The Bertz CT molecular complexity index is 1520. The molecular formula is C26H25F2N3O4S2. The molecule has 0 atom stereocenters. The lowest BCUT2D eigenvalue weighted by atomic mass is 9.96. The molecule has 37 heavy (non-hydrogen) atoms. The third-order valence-corrected chi connectivity index (χ3v) is 9.65. The Balaban J connectivity index is 1.38. The molecule has 1 saturated heterocycles. The third-order valence-electron chi connectivity index (χ3n) is 6.70. The lowest BCUT2D eigenvalue weighted by Crippen LogP contribution is -2.44. The topological polar surface area (TPSA) is 83.7 Å². The van der Waals surface area contributed by atoms with E-state index in [-0.39, 0.29) is 38.4 Å². The SMILES string of the molecule is Cc1cc2nc(N(Cc3ccco3)C(=O)C3CCN(S(=O)(=O)c4cc(F)ccc4F)CC3)sc2cc1C. The normalized spacial score (nSPS) is 15.4. The molecule has 1 amide bonds. The second kappa shape index (κ2) is 9.96. The van der Waals surface area contributed by atoms with Gasteiger partial charge in [0.25, 0.3) is 0 Å². The van der Waals surface area contributed by atoms with Crippen LogP contribution in [0.3, 0.4) is 0 Å². The van der Waals surface area contributed by atoms with E-state index in [0.717, 1.165) is 37.8 Å². The number of aromatic nitrogens is 1. The molecule has 0 bridgehead atoms. The fourth-order valence-corrected chi connectivity index (χ4v) is 7.05. The molecule has 0 spiro atoms. The Hall–Kier alpha value is -3.15. The number of nitrogens with zero attached hydrogens (tertiary/aromatic N) is 3. The van der Waals surface area contributed by atoms with Crippen LogP contribution in [-0.2, 0) is 21.4 Å². The van der Waals surface area contributed by atoms with Gasteiger partial charge in [-0.15, -0.1) is 0 Å². The van der Waals surface area contributed by atoms with Gasteiger partial charge in [0.05, 0.1) is 23.0 Å². The van der Waals surface area contributed by atoms with E-state index >= 15 is 0 Å². The van der Waals surface area contributed by atoms with Crippen molar-refractivity contribution in [2.75, 3.05) is 18.0 Å². The summed E-state index contributed by atoms with van der Waals surface area (Å²) in [6, 6.07) is 9.93. The number of fused-ring (bicyclic) bond motifs is 1. The zero-order valence-electron chi connectivity index (χ0n) is 20.3. The molecule has 0 unspecified atom stereocenters. The number of thiazole rings is 1. The summed E-state index contributed by atoms with van der Waals surface area (Å²) in [5.74, 6) is -1.89. The van der Waals surface area contributed by atoms with Crippen molar-refractivity contribution < 1.29 is 26.4 Å². The van der Waals surface area contributed by atoms with E-state index in [2.05, 4.69) is 6.07 Å². The Kier molecular flexibility index (Phi) is 6.86. The highest BCUT2D eigenvalue weighted by Gasteiger charge is 2.36. The van der Waals surface area contributed by atoms with Gasteiger partial charge >= 0.3 is 0 Å². The summed E-state index contributed by atoms with van der Waals surface area (Å²) in [4.78, 5) is 19.4. The first-order chi connectivity index (χ1) is 17.6. The second-order valence-corrected chi connectivity index (χ2v) is 12.1. The predicted molar refractivity (Wildman–Crippen MR) is 137 cm³/mol. The Labute approximate surface area is 217 Å². The Morgan fingerprint density at radius 2 is 1.86 bits per heavy atom. The van der Waals surface area contributed by atoms with Crippen molar-refractivity contribution in [2.45, 2.75) is 38.1 Å². The summed E-state index contributed by atoms with van der Waals surface area (Å²) in [6.07, 6.45) is 2.03. The van der Waals surface area contributed by atoms with Gasteiger partial charge in [-0.2, -0.15) is 4.31 Å². The van der Waals surface area contributed by atoms with Crippen LogP contribution < -0.4 is 4.90 Å². The third kappa shape index (κ3) is 5.03. The molecule has 7 nitrogen and oxygen atoms in total. The molecule has 2 aromatic heterocycles. The number of anilines is 1. The first-order valence-electron chi connectivity index (χ1n) is 11.8. The average Bonchev–Trinajstić information content (AvgIpc) is 3.53. The van der Waals surface area contributed by atoms with Crippen molar-refractivity contribution in [3.63, 3.8) is 0 Å². The van der Waals surface area contributed by atoms with Crippen LogP contribution in [0.2, 0.25) is 0 Å². The van der Waals surface area contributed by atoms with Crippen LogP contribution in [0.4, 0.5) is 13.9 Å². The van der Waals surface area contributed by atoms with Gasteiger partial charge in [0.2, 0.25) is 15.9 Å². The number of furan rings is 1. The van der Waals surface area contributed by atoms with Gasteiger partial charge in [-0.1, -0.05) is 11.3 Å². The van der Waals surface area contributed by atoms with Crippen LogP contribution in [0.25, 0.3) is 10.2 Å². The highest BCUT2D eigenvalue weighted by molar-refractivity contribution is 7.89. The van der Waals surface area contributed by atoms with Crippen LogP contribution >= 0.6 is 11.3 Å². The fourth-order valence-electron chi connectivity index (χ4n) is 4.46. The van der Waals surface area contributed by atoms with E-state index in [9.17, 15) is 22.0 Å². The first-order valence-corrected chi connectivity index (χ1v) is 14.1. The number of hydrogen-bond donors (Lipinski definition) is 0. The lowest BCUT2D eigenvalue weighted by Gasteiger charge is -2.32. The van der Waals surface area contributed by atoms with E-state index < -0.39 is 32.5 Å². The fraction of sp³-hybridized carbons (Fsp3) is 0.308. The average molecular weight is 546 g/mol. The summed E-state index contributed by atoms with van der Waals surface area (Å²) in [6.45, 7) is 4.26. The van der Waals surface area contributed by atoms with Crippen LogP contribution in [0, 0.1) is 31.4 Å². The lowest BCUT2D eigenvalue weighted by molar-refractivity contribution is -0.123. The van der Waals surface area contributed by atoms with Gasteiger partial charge in [0.15, 0.2) is 5.13 Å². The van der Waals surface area contributed by atoms with Crippen molar-refractivity contribution in [2.24, 2.45) is 5.92 Å². The molecule has 5 rings (SSSR count). The van der Waals surface area contributed by atoms with Gasteiger partial charge in [-0.05, 0) is 80.3 Å². The van der Waals surface area contributed by atoms with Crippen LogP contribution in [-0.4, -0.2) is 36.7 Å². The largest absolute Gasteiger partial charge is 0.467 e. The maximum absolute atomic E-state index is 14.2. The molecule has 0 aliphatic carbocycles. The van der Waals surface area contributed by atoms with Crippen LogP contribution in [0.5, 0.6) is 0 Å². The highest BCUT2D eigenvalue weighted by Crippen LogP contribution is 2.34. The summed E-state index contributed by atoms with van der Waals surface area (Å²) in [5.41, 5.74) is 3.05. The summed E-state index contributed by atoms with van der Waals surface area (Å²) >= 11 is 1.42. The predicted octanol–water partition coefficient (Wildman–Crippen LogP) is 5.42. The smallest absolute Gasteiger partial charge is 0.246 e. The van der Waals surface area contributed by atoms with Gasteiger partial charge in [-0.3, -0.25) is 9.69 Å². The molecule has 194 valence electrons. The van der Waals surface area contributed by atoms with Crippen LogP contribution in [0.1, 0.15) is 29.7 Å². The highest BCUT2D eigenvalue weighted by atomic mass is 32.2. The number of carbonyl (C=O) groups excluding carboxylic acids is 1. The van der Waals surface area contributed by atoms with Crippen molar-refractivity contribution >= 4 is 42.6 Å². The molecular weight excluding hydrogens is 520 g/mol. The molecule has 1 aliphatic heterocycles. The van der Waals surface area contributed by atoms with Crippen molar-refractivity contribution in [1.29, 1.82) is 0 Å². The molecule has 1 aliphatic rings. The molecule has 4 aromatic rings. The number of halogens is 2. The van der Waals surface area contributed by atoms with Gasteiger partial charge < -0.3 is 4.42 Å². The molecule has 0 N–H and O–H groups in total. The molecule has 0 saturated carbocycles. The van der Waals surface area contributed by atoms with E-state index in [4.69, 9.17) is 9.40 Å². The zero-order chi connectivity index (χ0) is 26.3. The standard InChI is InChI=1S/C26H25F2N3O4S2/c1-16-12-22-23(13-17(16)2)36-26(29-22)31(15-20-4-3-11-35-20)25(32)18-7-9-30(10-8-18)37(33,34)24-14-19(27)5-6-21(24)28/h3-6,11-14,18H,7-10,15H2,1-2H3. The maximum atomic E-state index is 14.2. The number of rotatable bonds is 6. The van der Waals surface area contributed by atoms with E-state index in [1.54, 1.807) is 17.0 Å². The molecule has 3 heterocycles. The summed E-state index contributed by atoms with van der Waals surface area (Å²) in [7, 11) is -4.24. The number of benzene rings is 2. The van der Waals surface area contributed by atoms with Gasteiger partial charge in [0, 0.05) is 19.0 Å². The second-order valence-electron chi connectivity index (χ2n) is 9.16. The summed E-state index contributed by atoms with van der Waals surface area (Å²) < 4.78 is 61.3. The minimum absolute atomic E-state index is 0.0154. The number of hydrogen-bond acceptors (Lipinski definition) is 6. The van der Waals surface area contributed by atoms with Crippen molar-refractivity contribution in [3.05, 3.63) is 77.2 Å². The molecule has 0 radical (unpaired) electrons. The minimum Gasteiger partial charge on any atom is -0.467 e. The van der Waals surface area contributed by atoms with Crippen molar-refractivity contribution in [1.82, 2.24) is 9.29 Å². The molecule has 2 aromatic carbocycles. The number of amides is 1. The van der Waals surface area contributed by atoms with E-state index in [1.807, 2.05) is 19.9 Å². The zero-order valence-corrected chi connectivity index (χ0v) is 21.9. The Morgan fingerprint density at radius 3 is 2.57 bits per heavy atom. The number of carbonyl (C=O) groups is 1. The summed E-state index contributed by atoms with van der Waals surface area (Å²) in [5, 5.41) is 0.540. The number of sulfonamides is 1. The Morgan fingerprint density at radius 1 is 1.14 bits per heavy atom. The number of aryl methyl sites for hydroxylation is 2. The quantitative estimate of drug-likeness (QED) is 0.323. The van der Waals surface area contributed by atoms with Gasteiger partial charge in [0.1, 0.15) is 22.3 Å². The maximum Gasteiger partial charge on any atom is 0.246 e. The molecule has 11 heteroatoms. The number of piperidine rings is 1.